The van der Waals surface area contributed by atoms with E-state index >= 15 is 0 Å². The van der Waals surface area contributed by atoms with Crippen LogP contribution in [0.3, 0.4) is 0 Å². The molecule has 5 heteroatoms. The van der Waals surface area contributed by atoms with Gasteiger partial charge in [0.2, 0.25) is 0 Å². The summed E-state index contributed by atoms with van der Waals surface area (Å²) in [5.74, 6) is 1.29. The van der Waals surface area contributed by atoms with Gasteiger partial charge < -0.3 is 10.0 Å². The molecule has 0 aromatic heterocycles. The van der Waals surface area contributed by atoms with Crippen molar-refractivity contribution < 1.29 is 9.90 Å². The molecular weight excluding hydrogens is 270 g/mol. The van der Waals surface area contributed by atoms with E-state index in [1.165, 1.54) is 0 Å². The smallest absolute Gasteiger partial charge is 0.328 e. The van der Waals surface area contributed by atoms with Crippen LogP contribution in [0.25, 0.3) is 6.08 Å². The van der Waals surface area contributed by atoms with Crippen molar-refractivity contribution in [3.63, 3.8) is 0 Å². The number of thioether (sulfide) groups is 1. The molecule has 1 aliphatic rings. The van der Waals surface area contributed by atoms with Crippen molar-refractivity contribution in [1.29, 1.82) is 0 Å². The molecule has 1 saturated heterocycles. The van der Waals surface area contributed by atoms with Gasteiger partial charge in [-0.3, -0.25) is 0 Å². The summed E-state index contributed by atoms with van der Waals surface area (Å²) in [4.78, 5) is 12.7. The highest BCUT2D eigenvalue weighted by molar-refractivity contribution is 7.99. The van der Waals surface area contributed by atoms with E-state index in [-0.39, 0.29) is 0 Å². The first kappa shape index (κ1) is 13.3. The lowest BCUT2D eigenvalue weighted by molar-refractivity contribution is -0.131. The first-order chi connectivity index (χ1) is 8.66. The van der Waals surface area contributed by atoms with Crippen LogP contribution in [-0.2, 0) is 4.79 Å². The number of aliphatic carboxylic acids is 1. The Labute approximate surface area is 115 Å². The number of nitrogens with zero attached hydrogens (tertiary/aromatic N) is 1. The predicted octanol–water partition coefficient (Wildman–Crippen LogP) is 2.99. The standard InChI is InChI=1S/C13H14ClNO2S/c14-11-9-10(2-4-13(16)17)1-3-12(11)15-5-7-18-8-6-15/h1-4,9H,5-8H2,(H,16,17)/b4-2+. The van der Waals surface area contributed by atoms with Crippen LogP contribution in [-0.4, -0.2) is 35.7 Å². The minimum Gasteiger partial charge on any atom is -0.478 e. The van der Waals surface area contributed by atoms with Gasteiger partial charge >= 0.3 is 5.97 Å². The van der Waals surface area contributed by atoms with Crippen LogP contribution in [0.15, 0.2) is 24.3 Å². The van der Waals surface area contributed by atoms with E-state index in [4.69, 9.17) is 16.7 Å². The highest BCUT2D eigenvalue weighted by atomic mass is 35.5. The quantitative estimate of drug-likeness (QED) is 0.866. The third-order valence-corrected chi connectivity index (χ3v) is 3.99. The Balaban J connectivity index is 2.16. The van der Waals surface area contributed by atoms with Crippen molar-refractivity contribution in [3.8, 4) is 0 Å². The molecule has 0 radical (unpaired) electrons. The number of hydrogen-bond donors (Lipinski definition) is 1. The van der Waals surface area contributed by atoms with Crippen molar-refractivity contribution in [1.82, 2.24) is 0 Å². The summed E-state index contributed by atoms with van der Waals surface area (Å²) >= 11 is 8.20. The first-order valence-corrected chi connectivity index (χ1v) is 7.23. The largest absolute Gasteiger partial charge is 0.478 e. The molecule has 1 aromatic rings. The Hall–Kier alpha value is -1.13. The molecule has 0 spiro atoms. The number of hydrogen-bond acceptors (Lipinski definition) is 3. The fourth-order valence-corrected chi connectivity index (χ4v) is 3.07. The van der Waals surface area contributed by atoms with Gasteiger partial charge in [-0.05, 0) is 23.8 Å². The van der Waals surface area contributed by atoms with Crippen LogP contribution in [0.2, 0.25) is 5.02 Å². The molecule has 18 heavy (non-hydrogen) atoms. The van der Waals surface area contributed by atoms with Gasteiger partial charge in [0, 0.05) is 30.7 Å². The molecule has 2 rings (SSSR count). The van der Waals surface area contributed by atoms with Crippen LogP contribution < -0.4 is 4.90 Å². The van der Waals surface area contributed by atoms with Gasteiger partial charge in [0.25, 0.3) is 0 Å². The van der Waals surface area contributed by atoms with Gasteiger partial charge in [-0.25, -0.2) is 4.79 Å². The number of carbonyl (C=O) groups is 1. The van der Waals surface area contributed by atoms with Gasteiger partial charge in [0.05, 0.1) is 10.7 Å². The van der Waals surface area contributed by atoms with Gasteiger partial charge in [0.15, 0.2) is 0 Å². The summed E-state index contributed by atoms with van der Waals surface area (Å²) in [6.07, 6.45) is 2.66. The zero-order chi connectivity index (χ0) is 13.0. The Bertz CT molecular complexity index is 470. The molecule has 1 N–H and O–H groups in total. The lowest BCUT2D eigenvalue weighted by Gasteiger charge is -2.29. The lowest BCUT2D eigenvalue weighted by atomic mass is 10.1. The van der Waals surface area contributed by atoms with E-state index in [2.05, 4.69) is 4.90 Å². The summed E-state index contributed by atoms with van der Waals surface area (Å²) in [5, 5.41) is 9.25. The van der Waals surface area contributed by atoms with Gasteiger partial charge in [-0.2, -0.15) is 11.8 Å². The molecule has 1 aliphatic heterocycles. The second-order valence-electron chi connectivity index (χ2n) is 3.98. The van der Waals surface area contributed by atoms with Gasteiger partial charge in [0.1, 0.15) is 0 Å². The van der Waals surface area contributed by atoms with Crippen LogP contribution in [0.5, 0.6) is 0 Å². The second-order valence-corrected chi connectivity index (χ2v) is 5.61. The maximum atomic E-state index is 10.4. The maximum Gasteiger partial charge on any atom is 0.328 e. The summed E-state index contributed by atoms with van der Waals surface area (Å²) < 4.78 is 0. The summed E-state index contributed by atoms with van der Waals surface area (Å²) in [6.45, 7) is 2.02. The molecule has 0 unspecified atom stereocenters. The Morgan fingerprint density at radius 2 is 2.11 bits per heavy atom. The molecule has 1 fully saturated rings. The van der Waals surface area contributed by atoms with E-state index in [0.29, 0.717) is 5.02 Å². The Morgan fingerprint density at radius 1 is 1.39 bits per heavy atom. The van der Waals surface area contributed by atoms with Crippen LogP contribution in [0.1, 0.15) is 5.56 Å². The van der Waals surface area contributed by atoms with Crippen molar-refractivity contribution in [2.45, 2.75) is 0 Å². The van der Waals surface area contributed by atoms with Gasteiger partial charge in [-0.1, -0.05) is 17.7 Å². The Kier molecular flexibility index (Phi) is 4.55. The number of benzene rings is 1. The minimum atomic E-state index is -0.955. The summed E-state index contributed by atoms with van der Waals surface area (Å²) in [7, 11) is 0. The van der Waals surface area contributed by atoms with E-state index in [0.717, 1.165) is 41.9 Å². The number of anilines is 1. The van der Waals surface area contributed by atoms with Crippen LogP contribution in [0.4, 0.5) is 5.69 Å². The molecule has 96 valence electrons. The molecule has 0 bridgehead atoms. The molecule has 0 atom stereocenters. The van der Waals surface area contributed by atoms with E-state index in [9.17, 15) is 4.79 Å². The zero-order valence-electron chi connectivity index (χ0n) is 9.80. The number of rotatable bonds is 3. The average molecular weight is 284 g/mol. The van der Waals surface area contributed by atoms with E-state index in [1.807, 2.05) is 23.9 Å². The average Bonchev–Trinajstić information content (AvgIpc) is 2.37. The molecule has 1 heterocycles. The fourth-order valence-electron chi connectivity index (χ4n) is 1.86. The third kappa shape index (κ3) is 3.43. The van der Waals surface area contributed by atoms with Crippen molar-refractivity contribution >= 4 is 41.1 Å². The van der Waals surface area contributed by atoms with Crippen LogP contribution in [0, 0.1) is 0 Å². The molecule has 3 nitrogen and oxygen atoms in total. The zero-order valence-corrected chi connectivity index (χ0v) is 11.4. The molecular formula is C13H14ClNO2S. The third-order valence-electron chi connectivity index (χ3n) is 2.74. The molecule has 0 aliphatic carbocycles. The van der Waals surface area contributed by atoms with Gasteiger partial charge in [-0.15, -0.1) is 0 Å². The monoisotopic (exact) mass is 283 g/mol. The van der Waals surface area contributed by atoms with Crippen molar-refractivity contribution in [3.05, 3.63) is 34.9 Å². The first-order valence-electron chi connectivity index (χ1n) is 5.70. The topological polar surface area (TPSA) is 40.5 Å². The number of halogens is 1. The Morgan fingerprint density at radius 3 is 2.72 bits per heavy atom. The molecule has 1 aromatic carbocycles. The highest BCUT2D eigenvalue weighted by Crippen LogP contribution is 2.29. The molecule has 0 saturated carbocycles. The normalized spacial score (nSPS) is 16.2. The van der Waals surface area contributed by atoms with Crippen molar-refractivity contribution in [2.24, 2.45) is 0 Å². The van der Waals surface area contributed by atoms with E-state index in [1.54, 1.807) is 12.1 Å². The van der Waals surface area contributed by atoms with Crippen LogP contribution >= 0.6 is 23.4 Å². The lowest BCUT2D eigenvalue weighted by Crippen LogP contribution is -2.32. The second kappa shape index (κ2) is 6.16. The minimum absolute atomic E-state index is 0.675. The van der Waals surface area contributed by atoms with Crippen molar-refractivity contribution in [2.75, 3.05) is 29.5 Å². The number of carboxylic acids is 1. The predicted molar refractivity (Wildman–Crippen MR) is 77.7 cm³/mol. The summed E-state index contributed by atoms with van der Waals surface area (Å²) in [5.41, 5.74) is 1.84. The van der Waals surface area contributed by atoms with E-state index < -0.39 is 5.97 Å². The maximum absolute atomic E-state index is 10.4. The number of carboxylic acid groups (broad SMARTS) is 1. The highest BCUT2D eigenvalue weighted by Gasteiger charge is 2.13. The summed E-state index contributed by atoms with van der Waals surface area (Å²) in [6, 6.07) is 5.65. The molecule has 0 amide bonds. The fraction of sp³-hybridized carbons (Fsp3) is 0.308. The SMILES string of the molecule is O=C(O)/C=C/c1ccc(N2CCSCC2)c(Cl)c1.